The summed E-state index contributed by atoms with van der Waals surface area (Å²) in [6.07, 6.45) is 14.5. The quantitative estimate of drug-likeness (QED) is 0.422. The molecule has 0 aromatic rings. The van der Waals surface area contributed by atoms with E-state index in [0.717, 1.165) is 5.92 Å². The molecule has 0 aromatic heterocycles. The van der Waals surface area contributed by atoms with E-state index >= 15 is 0 Å². The van der Waals surface area contributed by atoms with Crippen molar-refractivity contribution >= 4 is 5.98 Å². The van der Waals surface area contributed by atoms with Crippen LogP contribution in [-0.2, 0) is 20.6 Å². The van der Waals surface area contributed by atoms with Crippen molar-refractivity contribution in [3.05, 3.63) is 42.6 Å². The molecule has 0 saturated heterocycles. The minimum atomic E-state index is -1.60. The first-order chi connectivity index (χ1) is 8.11. The largest absolute Gasteiger partial charge is 1.00 e. The van der Waals surface area contributed by atoms with Crippen molar-refractivity contribution in [2.75, 3.05) is 0 Å². The number of hydrogen-bond acceptors (Lipinski definition) is 0. The van der Waals surface area contributed by atoms with Gasteiger partial charge in [0.1, 0.15) is 0 Å². The maximum atomic E-state index is 2.59. The molecule has 0 spiro atoms. The van der Waals surface area contributed by atoms with Crippen LogP contribution in [0.5, 0.6) is 0 Å². The Morgan fingerprint density at radius 3 is 2.26 bits per heavy atom. The third-order valence-corrected chi connectivity index (χ3v) is 31.0. The topological polar surface area (TPSA) is 0 Å². The van der Waals surface area contributed by atoms with E-state index in [1.807, 2.05) is 6.66 Å². The molecule has 0 nitrogen and oxygen atoms in total. The Morgan fingerprint density at radius 1 is 1.11 bits per heavy atom. The summed E-state index contributed by atoms with van der Waals surface area (Å²) in [5.74, 6) is 0.264. The summed E-state index contributed by atoms with van der Waals surface area (Å²) in [7, 11) is 0. The van der Waals surface area contributed by atoms with Crippen LogP contribution in [0.25, 0.3) is 0 Å². The maximum Gasteiger partial charge on any atom is -1.00 e. The zero-order chi connectivity index (χ0) is 12.4. The molecule has 0 saturated carbocycles. The Labute approximate surface area is 139 Å². The van der Waals surface area contributed by atoms with Crippen molar-refractivity contribution in [2.24, 2.45) is 5.92 Å². The van der Waals surface area contributed by atoms with Gasteiger partial charge in [-0.3, -0.25) is 0 Å². The van der Waals surface area contributed by atoms with Crippen LogP contribution in [0.1, 0.15) is 26.7 Å². The maximum absolute atomic E-state index is 2.59. The standard InChI is InChI=1S/C8H11.C5H5.C2H7Si.2ClH.Hf/c1-7(2)8-5-3-4-6-8;1-2-4-5-3-1;1-3-2;;;/h3,5,7H,4H2,1-2H3;1-3H,4H2;3H,1-2H3;2*1H;/q;;;;;+2/p-2. The summed E-state index contributed by atoms with van der Waals surface area (Å²) in [4.78, 5) is 0. The first-order valence-corrected chi connectivity index (χ1v) is 19.4. The summed E-state index contributed by atoms with van der Waals surface area (Å²) >= 11 is -1.60. The molecule has 0 amide bonds. The van der Waals surface area contributed by atoms with Gasteiger partial charge < -0.3 is 24.8 Å². The number of hydrogen-bond donors (Lipinski definition) is 0. The molecule has 0 heterocycles. The van der Waals surface area contributed by atoms with Gasteiger partial charge in [-0.05, 0) is 0 Å². The van der Waals surface area contributed by atoms with Gasteiger partial charge in [-0.25, -0.2) is 0 Å². The zero-order valence-corrected chi connectivity index (χ0v) is 18.5. The number of halogens is 2. The zero-order valence-electron chi connectivity index (χ0n) is 12.2. The summed E-state index contributed by atoms with van der Waals surface area (Å²) in [6, 6.07) is 0. The third kappa shape index (κ3) is 4.55. The van der Waals surface area contributed by atoms with Gasteiger partial charge in [0.25, 0.3) is 0 Å². The van der Waals surface area contributed by atoms with Gasteiger partial charge in [-0.15, -0.1) is 0 Å². The fourth-order valence-electron chi connectivity index (χ4n) is 2.89. The van der Waals surface area contributed by atoms with Crippen molar-refractivity contribution < 1.29 is 45.4 Å². The van der Waals surface area contributed by atoms with E-state index in [2.05, 4.69) is 57.3 Å². The second-order valence-electron chi connectivity index (χ2n) is 5.59. The predicted octanol–water partition coefficient (Wildman–Crippen LogP) is -1.69. The Kier molecular flexibility index (Phi) is 9.10. The normalized spacial score (nSPS) is 16.8. The molecular formula is C15H23Cl2HfSi. The molecule has 0 atom stereocenters. The third-order valence-electron chi connectivity index (χ3n) is 3.61. The minimum absolute atomic E-state index is 0. The fraction of sp³-hybridized carbons (Fsp3) is 0.467. The molecule has 2 rings (SSSR count). The van der Waals surface area contributed by atoms with Gasteiger partial charge in [0.15, 0.2) is 0 Å². The van der Waals surface area contributed by atoms with E-state index in [4.69, 9.17) is 0 Å². The smallest absolute Gasteiger partial charge is 1.00 e. The van der Waals surface area contributed by atoms with Crippen molar-refractivity contribution in [1.82, 2.24) is 0 Å². The second kappa shape index (κ2) is 8.81. The van der Waals surface area contributed by atoms with Gasteiger partial charge in [0.05, 0.1) is 0 Å². The van der Waals surface area contributed by atoms with Crippen LogP contribution < -0.4 is 24.8 Å². The van der Waals surface area contributed by atoms with E-state index in [1.54, 1.807) is 5.57 Å². The SMILES string of the molecule is CC(C)C1=[C]([Hf+2]([C]2=CC=CC2)[SiH](C)C)CC=C1.[Cl-].[Cl-]. The average Bonchev–Trinajstić information content (AvgIpc) is 2.87. The summed E-state index contributed by atoms with van der Waals surface area (Å²) in [6.45, 7) is 9.89. The van der Waals surface area contributed by atoms with Gasteiger partial charge >= 0.3 is 115 Å². The number of allylic oxidation sites excluding steroid dienone is 8. The van der Waals surface area contributed by atoms with Crippen LogP contribution in [0.15, 0.2) is 42.6 Å². The molecule has 105 valence electrons. The molecule has 0 aromatic carbocycles. The minimum Gasteiger partial charge on any atom is -1.00 e. The summed E-state index contributed by atoms with van der Waals surface area (Å²) in [5, 5.41) is 0. The monoisotopic (exact) mass is 481 g/mol. The summed E-state index contributed by atoms with van der Waals surface area (Å²) < 4.78 is 3.83. The molecule has 4 heteroatoms. The van der Waals surface area contributed by atoms with E-state index in [-0.39, 0.29) is 24.8 Å². The molecule has 0 radical (unpaired) electrons. The van der Waals surface area contributed by atoms with Gasteiger partial charge in [0.2, 0.25) is 0 Å². The predicted molar refractivity (Wildman–Crippen MR) is 76.3 cm³/mol. The Morgan fingerprint density at radius 2 is 1.79 bits per heavy atom. The van der Waals surface area contributed by atoms with Crippen LogP contribution >= 0.6 is 0 Å². The van der Waals surface area contributed by atoms with Gasteiger partial charge in [-0.1, -0.05) is 0 Å². The van der Waals surface area contributed by atoms with Crippen LogP contribution in [0.4, 0.5) is 0 Å². The molecule has 0 unspecified atom stereocenters. The van der Waals surface area contributed by atoms with E-state index in [9.17, 15) is 0 Å². The van der Waals surface area contributed by atoms with Gasteiger partial charge in [0, 0.05) is 0 Å². The molecule has 0 aliphatic heterocycles. The Hall–Kier alpha value is 0.627. The molecule has 2 aliphatic carbocycles. The van der Waals surface area contributed by atoms with Crippen molar-refractivity contribution in [3.8, 4) is 0 Å². The molecule has 2 aliphatic rings. The van der Waals surface area contributed by atoms with Gasteiger partial charge in [-0.2, -0.15) is 0 Å². The molecular weight excluding hydrogens is 458 g/mol. The molecule has 19 heavy (non-hydrogen) atoms. The van der Waals surface area contributed by atoms with Crippen molar-refractivity contribution in [1.29, 1.82) is 0 Å². The van der Waals surface area contributed by atoms with Crippen LogP contribution in [0.3, 0.4) is 0 Å². The Balaban J connectivity index is 0.00000162. The summed E-state index contributed by atoms with van der Waals surface area (Å²) in [5.41, 5.74) is 1.71. The second-order valence-corrected chi connectivity index (χ2v) is 32.5. The van der Waals surface area contributed by atoms with Crippen molar-refractivity contribution in [3.63, 3.8) is 0 Å². The Bertz CT molecular complexity index is 420. The average molecular weight is 481 g/mol. The first kappa shape index (κ1) is 19.6. The number of rotatable bonds is 4. The van der Waals surface area contributed by atoms with E-state index < -0.39 is 26.6 Å². The van der Waals surface area contributed by atoms with E-state index in [0.29, 0.717) is 0 Å². The van der Waals surface area contributed by atoms with Crippen molar-refractivity contribution in [2.45, 2.75) is 39.8 Å². The van der Waals surface area contributed by atoms with E-state index in [1.165, 1.54) is 12.8 Å². The molecule has 0 N–H and O–H groups in total. The van der Waals surface area contributed by atoms with Crippen LogP contribution in [-0.4, -0.2) is 5.98 Å². The fourth-order valence-corrected chi connectivity index (χ4v) is 31.2. The molecule has 0 fully saturated rings. The van der Waals surface area contributed by atoms with Crippen LogP contribution in [0.2, 0.25) is 13.1 Å². The first-order valence-electron chi connectivity index (χ1n) is 6.74. The van der Waals surface area contributed by atoms with Crippen LogP contribution in [0, 0.1) is 5.92 Å². The molecule has 0 bridgehead atoms.